The van der Waals surface area contributed by atoms with Gasteiger partial charge in [-0.1, -0.05) is 0 Å². The minimum Gasteiger partial charge on any atom is -0.471 e. The van der Waals surface area contributed by atoms with E-state index in [9.17, 15) is 22.4 Å². The summed E-state index contributed by atoms with van der Waals surface area (Å²) in [6.07, 6.45) is 1.08. The lowest BCUT2D eigenvalue weighted by Crippen LogP contribution is -2.34. The Kier molecular flexibility index (Phi) is 7.23. The first kappa shape index (κ1) is 23.4. The Morgan fingerprint density at radius 2 is 2.12 bits per heavy atom. The molecule has 0 atom stereocenters. The molecule has 1 amide bonds. The van der Waals surface area contributed by atoms with E-state index in [-0.39, 0.29) is 30.6 Å². The minimum atomic E-state index is -4.27. The molecule has 8 nitrogen and oxygen atoms in total. The second kappa shape index (κ2) is 9.90. The van der Waals surface area contributed by atoms with Crippen molar-refractivity contribution in [1.29, 1.82) is 0 Å². The molecule has 0 saturated carbocycles. The predicted octanol–water partition coefficient (Wildman–Crippen LogP) is 2.57. The second-order valence-electron chi connectivity index (χ2n) is 7.07. The van der Waals surface area contributed by atoms with Crippen molar-refractivity contribution in [3.05, 3.63) is 47.5 Å². The van der Waals surface area contributed by atoms with Crippen LogP contribution in [0.1, 0.15) is 28.0 Å². The number of hydrogen-bond donors (Lipinski definition) is 2. The number of aliphatic hydroxyl groups excluding tert-OH is 1. The van der Waals surface area contributed by atoms with Crippen molar-refractivity contribution in [2.45, 2.75) is 32.2 Å². The zero-order chi connectivity index (χ0) is 23.3. The van der Waals surface area contributed by atoms with Gasteiger partial charge in [0.05, 0.1) is 17.4 Å². The van der Waals surface area contributed by atoms with Crippen LogP contribution in [0.25, 0.3) is 10.9 Å². The van der Waals surface area contributed by atoms with E-state index in [4.69, 9.17) is 9.84 Å². The topological polar surface area (TPSA) is 102 Å². The number of nitrogens with zero attached hydrogens (tertiary/aromatic N) is 4. The monoisotopic (exact) mass is 455 g/mol. The number of halogens is 4. The van der Waals surface area contributed by atoms with Gasteiger partial charge in [-0.05, 0) is 31.0 Å². The Balaban J connectivity index is 1.73. The summed E-state index contributed by atoms with van der Waals surface area (Å²) >= 11 is 0. The van der Waals surface area contributed by atoms with Crippen molar-refractivity contribution in [3.8, 4) is 5.88 Å². The molecule has 0 aliphatic rings. The van der Waals surface area contributed by atoms with E-state index in [1.807, 2.05) is 0 Å². The molecule has 12 heteroatoms. The molecule has 3 aromatic heterocycles. The van der Waals surface area contributed by atoms with Crippen LogP contribution in [0.5, 0.6) is 5.88 Å². The van der Waals surface area contributed by atoms with Gasteiger partial charge < -0.3 is 15.2 Å². The van der Waals surface area contributed by atoms with Gasteiger partial charge in [-0.25, -0.2) is 13.8 Å². The summed E-state index contributed by atoms with van der Waals surface area (Å²) in [6.45, 7) is 0.608. The molecule has 0 aliphatic carbocycles. The Morgan fingerprint density at radius 1 is 1.34 bits per heavy atom. The molecular formula is C20H21F4N5O3. The number of aryl methyl sites for hydroxylation is 1. The van der Waals surface area contributed by atoms with Gasteiger partial charge in [0.15, 0.2) is 6.61 Å². The molecule has 3 heterocycles. The summed E-state index contributed by atoms with van der Waals surface area (Å²) in [6, 6.07) is 3.27. The highest BCUT2D eigenvalue weighted by Crippen LogP contribution is 2.25. The largest absolute Gasteiger partial charge is 0.471 e. The fraction of sp³-hybridized carbons (Fsp3) is 0.400. The van der Waals surface area contributed by atoms with Crippen molar-refractivity contribution in [2.24, 2.45) is 0 Å². The Hall–Kier alpha value is -3.28. The van der Waals surface area contributed by atoms with Crippen molar-refractivity contribution in [1.82, 2.24) is 25.1 Å². The lowest BCUT2D eigenvalue weighted by Gasteiger charge is -2.16. The smallest absolute Gasteiger partial charge is 0.340 e. The number of ether oxygens (including phenoxy) is 1. The third-order valence-electron chi connectivity index (χ3n) is 4.47. The molecule has 0 unspecified atom stereocenters. The van der Waals surface area contributed by atoms with Gasteiger partial charge in [-0.15, -0.1) is 0 Å². The van der Waals surface area contributed by atoms with Crippen LogP contribution in [0.3, 0.4) is 0 Å². The van der Waals surface area contributed by atoms with Gasteiger partial charge in [-0.2, -0.15) is 13.9 Å². The van der Waals surface area contributed by atoms with Crippen molar-refractivity contribution < 1.29 is 32.2 Å². The van der Waals surface area contributed by atoms with Gasteiger partial charge in [0.2, 0.25) is 5.88 Å². The van der Waals surface area contributed by atoms with E-state index in [0.717, 1.165) is 0 Å². The lowest BCUT2D eigenvalue weighted by molar-refractivity contribution is -0.148. The maximum Gasteiger partial charge on any atom is 0.340 e. The van der Waals surface area contributed by atoms with Crippen molar-refractivity contribution >= 4 is 16.8 Å². The molecular weight excluding hydrogens is 434 g/mol. The van der Waals surface area contributed by atoms with Crippen LogP contribution >= 0.6 is 0 Å². The van der Waals surface area contributed by atoms with Crippen LogP contribution in [0.4, 0.5) is 17.6 Å². The number of carbonyl (C=O) groups is 1. The second-order valence-corrected chi connectivity index (χ2v) is 7.07. The summed E-state index contributed by atoms with van der Waals surface area (Å²) < 4.78 is 57.0. The van der Waals surface area contributed by atoms with E-state index >= 15 is 0 Å². The van der Waals surface area contributed by atoms with Crippen LogP contribution in [0, 0.1) is 6.92 Å². The molecule has 0 saturated heterocycles. The number of aromatic nitrogens is 4. The Labute approximate surface area is 180 Å². The Morgan fingerprint density at radius 3 is 2.81 bits per heavy atom. The zero-order valence-corrected chi connectivity index (χ0v) is 17.1. The predicted molar refractivity (Wildman–Crippen MR) is 106 cm³/mol. The third kappa shape index (κ3) is 5.49. The number of alkyl halides is 4. The highest BCUT2D eigenvalue weighted by Gasteiger charge is 2.42. The standard InChI is InChI=1S/C20H21F4N5O3/c1-12-7-13(8-27-18(12)32-11-20(23,24)19(21)22)9-29-10-14-15(28-29)3-5-25-16(14)17(31)26-4-2-6-30/h3,5,7-8,10,19,30H,2,4,6,9,11H2,1H3,(H,26,31). The molecule has 2 N–H and O–H groups in total. The maximum atomic E-state index is 13.0. The molecule has 172 valence electrons. The SMILES string of the molecule is Cc1cc(Cn2cc3c(C(=O)NCCCO)nccc3n2)cnc1OCC(F)(F)C(F)F. The van der Waals surface area contributed by atoms with Crippen LogP contribution in [0.2, 0.25) is 0 Å². The molecule has 32 heavy (non-hydrogen) atoms. The van der Waals surface area contributed by atoms with Crippen molar-refractivity contribution in [2.75, 3.05) is 19.8 Å². The number of carbonyl (C=O) groups excluding carboxylic acids is 1. The molecule has 0 bridgehead atoms. The third-order valence-corrected chi connectivity index (χ3v) is 4.47. The first-order valence-electron chi connectivity index (χ1n) is 9.67. The first-order chi connectivity index (χ1) is 15.2. The normalized spacial score (nSPS) is 11.8. The first-order valence-corrected chi connectivity index (χ1v) is 9.67. The van der Waals surface area contributed by atoms with E-state index in [1.165, 1.54) is 12.4 Å². The van der Waals surface area contributed by atoms with Gasteiger partial charge in [-0.3, -0.25) is 14.5 Å². The fourth-order valence-corrected chi connectivity index (χ4v) is 2.89. The molecule has 3 aromatic rings. The zero-order valence-electron chi connectivity index (χ0n) is 17.1. The molecule has 0 aliphatic heterocycles. The number of aliphatic hydroxyl groups is 1. The van der Waals surface area contributed by atoms with Gasteiger partial charge in [0.1, 0.15) is 5.69 Å². The summed E-state index contributed by atoms with van der Waals surface area (Å²) in [4.78, 5) is 20.4. The number of nitrogens with one attached hydrogen (secondary N) is 1. The van der Waals surface area contributed by atoms with Crippen LogP contribution < -0.4 is 10.1 Å². The Bertz CT molecular complexity index is 1090. The van der Waals surface area contributed by atoms with E-state index in [0.29, 0.717) is 35.0 Å². The van der Waals surface area contributed by atoms with Crippen LogP contribution in [0.15, 0.2) is 30.7 Å². The molecule has 0 fully saturated rings. The maximum absolute atomic E-state index is 13.0. The van der Waals surface area contributed by atoms with Gasteiger partial charge in [0, 0.05) is 37.3 Å². The minimum absolute atomic E-state index is 0.0399. The van der Waals surface area contributed by atoms with Gasteiger partial charge in [0.25, 0.3) is 5.91 Å². The quantitative estimate of drug-likeness (QED) is 0.360. The summed E-state index contributed by atoms with van der Waals surface area (Å²) in [7, 11) is 0. The summed E-state index contributed by atoms with van der Waals surface area (Å²) in [5.41, 5.74) is 1.80. The summed E-state index contributed by atoms with van der Waals surface area (Å²) in [5.74, 6) is -4.81. The van der Waals surface area contributed by atoms with E-state index < -0.39 is 19.0 Å². The average Bonchev–Trinajstić information content (AvgIpc) is 3.15. The highest BCUT2D eigenvalue weighted by molar-refractivity contribution is 6.04. The number of rotatable bonds is 10. The van der Waals surface area contributed by atoms with Crippen LogP contribution in [-0.2, 0) is 6.54 Å². The van der Waals surface area contributed by atoms with E-state index in [1.54, 1.807) is 29.9 Å². The summed E-state index contributed by atoms with van der Waals surface area (Å²) in [5, 5.41) is 16.4. The molecule has 0 radical (unpaired) electrons. The van der Waals surface area contributed by atoms with Crippen LogP contribution in [-0.4, -0.2) is 62.9 Å². The number of pyridine rings is 2. The molecule has 3 rings (SSSR count). The van der Waals surface area contributed by atoms with Gasteiger partial charge >= 0.3 is 12.3 Å². The fourth-order valence-electron chi connectivity index (χ4n) is 2.89. The molecule has 0 aromatic carbocycles. The number of amides is 1. The van der Waals surface area contributed by atoms with Crippen molar-refractivity contribution in [3.63, 3.8) is 0 Å². The lowest BCUT2D eigenvalue weighted by atomic mass is 10.2. The molecule has 0 spiro atoms. The van der Waals surface area contributed by atoms with E-state index in [2.05, 4.69) is 20.4 Å². The number of fused-ring (bicyclic) bond motifs is 1. The highest BCUT2D eigenvalue weighted by atomic mass is 19.3. The average molecular weight is 455 g/mol. The number of hydrogen-bond acceptors (Lipinski definition) is 6.